The molecule has 4 rings (SSSR count). The summed E-state index contributed by atoms with van der Waals surface area (Å²) in [6.07, 6.45) is 1.75. The van der Waals surface area contributed by atoms with Gasteiger partial charge in [0.1, 0.15) is 18.1 Å². The zero-order valence-electron chi connectivity index (χ0n) is 18.8. The lowest BCUT2D eigenvalue weighted by molar-refractivity contribution is 0.181. The zero-order valence-corrected chi connectivity index (χ0v) is 19.6. The van der Waals surface area contributed by atoms with Gasteiger partial charge in [-0.15, -0.1) is 0 Å². The second-order valence-electron chi connectivity index (χ2n) is 7.84. The first-order chi connectivity index (χ1) is 16.0. The van der Waals surface area contributed by atoms with Crippen LogP contribution in [0.4, 0.5) is 0 Å². The van der Waals surface area contributed by atoms with Gasteiger partial charge in [0.05, 0.1) is 17.2 Å². The maximum atomic E-state index is 13.0. The summed E-state index contributed by atoms with van der Waals surface area (Å²) >= 11 is 0. The fourth-order valence-electron chi connectivity index (χ4n) is 3.74. The Morgan fingerprint density at radius 3 is 2.15 bits per heavy atom. The third-order valence-corrected chi connectivity index (χ3v) is 7.46. The highest BCUT2D eigenvalue weighted by molar-refractivity contribution is 7.89. The Labute approximate surface area is 195 Å². The molecular weight excluding hydrogens is 438 g/mol. The summed E-state index contributed by atoms with van der Waals surface area (Å²) < 4.78 is 38.7. The van der Waals surface area contributed by atoms with Gasteiger partial charge in [0.25, 0.3) is 0 Å². The molecule has 174 valence electrons. The second-order valence-corrected chi connectivity index (χ2v) is 9.78. The third-order valence-electron chi connectivity index (χ3n) is 5.55. The Bertz CT molecular complexity index is 1110. The third kappa shape index (κ3) is 6.10. The fraction of sp³-hybridized carbons (Fsp3) is 0.320. The molecule has 0 spiro atoms. The number of nitrogens with zero attached hydrogens (tertiary/aromatic N) is 3. The number of hydrogen-bond donors (Lipinski definition) is 0. The normalized spacial score (nSPS) is 15.3. The molecule has 2 aromatic carbocycles. The maximum absolute atomic E-state index is 13.0. The van der Waals surface area contributed by atoms with Crippen LogP contribution in [0, 0.1) is 0 Å². The van der Waals surface area contributed by atoms with Gasteiger partial charge in [0, 0.05) is 38.9 Å². The largest absolute Gasteiger partial charge is 0.494 e. The van der Waals surface area contributed by atoms with E-state index in [2.05, 4.69) is 22.0 Å². The van der Waals surface area contributed by atoms with Crippen molar-refractivity contribution in [2.45, 2.75) is 25.0 Å². The van der Waals surface area contributed by atoms with Crippen LogP contribution in [0.5, 0.6) is 11.5 Å². The van der Waals surface area contributed by atoms with Crippen molar-refractivity contribution in [2.75, 3.05) is 32.8 Å². The van der Waals surface area contributed by atoms with Crippen LogP contribution in [0.1, 0.15) is 18.2 Å². The summed E-state index contributed by atoms with van der Waals surface area (Å²) in [6.45, 7) is 5.98. The lowest BCUT2D eigenvalue weighted by Crippen LogP contribution is -2.48. The van der Waals surface area contributed by atoms with Gasteiger partial charge >= 0.3 is 0 Å². The smallest absolute Gasteiger partial charge is 0.243 e. The van der Waals surface area contributed by atoms with E-state index in [-0.39, 0.29) is 0 Å². The van der Waals surface area contributed by atoms with Crippen LogP contribution in [0.2, 0.25) is 0 Å². The molecule has 3 aromatic rings. The number of aromatic nitrogens is 1. The first kappa shape index (κ1) is 23.2. The van der Waals surface area contributed by atoms with E-state index in [1.54, 1.807) is 34.8 Å². The van der Waals surface area contributed by atoms with Crippen molar-refractivity contribution in [1.29, 1.82) is 0 Å². The summed E-state index contributed by atoms with van der Waals surface area (Å²) in [5.74, 6) is 1.48. The quantitative estimate of drug-likeness (QED) is 0.479. The van der Waals surface area contributed by atoms with Crippen LogP contribution in [-0.2, 0) is 23.2 Å². The minimum absolute atomic E-state index is 0.306. The van der Waals surface area contributed by atoms with Gasteiger partial charge in [-0.3, -0.25) is 9.88 Å². The molecule has 1 saturated heterocycles. The molecule has 7 nitrogen and oxygen atoms in total. The maximum Gasteiger partial charge on any atom is 0.243 e. The highest BCUT2D eigenvalue weighted by Gasteiger charge is 2.28. The summed E-state index contributed by atoms with van der Waals surface area (Å²) in [5.41, 5.74) is 2.06. The van der Waals surface area contributed by atoms with Crippen LogP contribution >= 0.6 is 0 Å². The van der Waals surface area contributed by atoms with Crippen LogP contribution in [0.3, 0.4) is 0 Å². The van der Waals surface area contributed by atoms with Gasteiger partial charge in [0.15, 0.2) is 0 Å². The fourth-order valence-corrected chi connectivity index (χ4v) is 5.16. The summed E-state index contributed by atoms with van der Waals surface area (Å²) in [6, 6.07) is 20.4. The van der Waals surface area contributed by atoms with E-state index in [0.717, 1.165) is 18.0 Å². The van der Waals surface area contributed by atoms with Gasteiger partial charge in [0.2, 0.25) is 10.0 Å². The average molecular weight is 468 g/mol. The number of piperazine rings is 1. The molecule has 0 unspecified atom stereocenters. The first-order valence-corrected chi connectivity index (χ1v) is 12.6. The summed E-state index contributed by atoms with van der Waals surface area (Å²) in [4.78, 5) is 6.84. The molecule has 0 radical (unpaired) electrons. The average Bonchev–Trinajstić information content (AvgIpc) is 2.85. The molecule has 0 atom stereocenters. The lowest BCUT2D eigenvalue weighted by atomic mass is 10.2. The van der Waals surface area contributed by atoms with Crippen molar-refractivity contribution in [3.63, 3.8) is 0 Å². The van der Waals surface area contributed by atoms with Crippen molar-refractivity contribution in [3.8, 4) is 11.5 Å². The minimum atomic E-state index is -3.50. The Kier molecular flexibility index (Phi) is 7.59. The van der Waals surface area contributed by atoms with Crippen molar-refractivity contribution in [1.82, 2.24) is 14.2 Å². The summed E-state index contributed by atoms with van der Waals surface area (Å²) in [7, 11) is -3.50. The molecule has 0 N–H and O–H groups in total. The highest BCUT2D eigenvalue weighted by Crippen LogP contribution is 2.22. The summed E-state index contributed by atoms with van der Waals surface area (Å²) in [5, 5.41) is 0. The van der Waals surface area contributed by atoms with Crippen molar-refractivity contribution in [3.05, 3.63) is 84.2 Å². The number of pyridine rings is 1. The van der Waals surface area contributed by atoms with E-state index in [0.29, 0.717) is 50.0 Å². The van der Waals surface area contributed by atoms with Gasteiger partial charge in [-0.2, -0.15) is 4.31 Å². The Hall–Kier alpha value is -2.94. The van der Waals surface area contributed by atoms with E-state index in [1.807, 2.05) is 37.3 Å². The van der Waals surface area contributed by atoms with Gasteiger partial charge in [-0.1, -0.05) is 18.2 Å². The standard InChI is InChI=1S/C25H29N3O4S/c1-2-31-23-10-12-25(13-11-23)33(29,30)28-17-15-27(16-18-28)19-21-6-8-24(9-7-21)32-20-22-5-3-4-14-26-22/h3-14H,2,15-20H2,1H3. The van der Waals surface area contributed by atoms with E-state index in [4.69, 9.17) is 9.47 Å². The number of benzene rings is 2. The van der Waals surface area contributed by atoms with E-state index in [1.165, 1.54) is 5.56 Å². The van der Waals surface area contributed by atoms with Crippen LogP contribution in [-0.4, -0.2) is 55.4 Å². The van der Waals surface area contributed by atoms with E-state index >= 15 is 0 Å². The molecule has 1 fully saturated rings. The number of hydrogen-bond acceptors (Lipinski definition) is 6. The molecular formula is C25H29N3O4S. The molecule has 8 heteroatoms. The molecule has 1 aliphatic rings. The predicted octanol–water partition coefficient (Wildman–Crippen LogP) is 3.57. The molecule has 33 heavy (non-hydrogen) atoms. The van der Waals surface area contributed by atoms with Crippen molar-refractivity contribution in [2.24, 2.45) is 0 Å². The van der Waals surface area contributed by atoms with E-state index in [9.17, 15) is 8.42 Å². The Balaban J connectivity index is 1.27. The molecule has 1 aromatic heterocycles. The van der Waals surface area contributed by atoms with Crippen LogP contribution in [0.15, 0.2) is 77.8 Å². The van der Waals surface area contributed by atoms with Crippen LogP contribution in [0.25, 0.3) is 0 Å². The van der Waals surface area contributed by atoms with Gasteiger partial charge in [-0.05, 0) is 61.0 Å². The Morgan fingerprint density at radius 1 is 0.848 bits per heavy atom. The number of sulfonamides is 1. The SMILES string of the molecule is CCOc1ccc(S(=O)(=O)N2CCN(Cc3ccc(OCc4ccccn4)cc3)CC2)cc1. The topological polar surface area (TPSA) is 72.0 Å². The molecule has 0 saturated carbocycles. The Morgan fingerprint density at radius 2 is 1.52 bits per heavy atom. The molecule has 0 amide bonds. The predicted molar refractivity (Wildman–Crippen MR) is 127 cm³/mol. The van der Waals surface area contributed by atoms with Crippen molar-refractivity contribution < 1.29 is 17.9 Å². The van der Waals surface area contributed by atoms with Gasteiger partial charge in [-0.25, -0.2) is 8.42 Å². The minimum Gasteiger partial charge on any atom is -0.494 e. The monoisotopic (exact) mass is 467 g/mol. The van der Waals surface area contributed by atoms with Crippen LogP contribution < -0.4 is 9.47 Å². The lowest BCUT2D eigenvalue weighted by Gasteiger charge is -2.34. The second kappa shape index (κ2) is 10.8. The van der Waals surface area contributed by atoms with Crippen molar-refractivity contribution >= 4 is 10.0 Å². The molecule has 0 aliphatic carbocycles. The molecule has 2 heterocycles. The zero-order chi connectivity index (χ0) is 23.1. The number of rotatable bonds is 9. The van der Waals surface area contributed by atoms with Gasteiger partial charge < -0.3 is 9.47 Å². The first-order valence-electron chi connectivity index (χ1n) is 11.1. The molecule has 0 bridgehead atoms. The molecule has 1 aliphatic heterocycles. The number of ether oxygens (including phenoxy) is 2. The highest BCUT2D eigenvalue weighted by atomic mass is 32.2. The van der Waals surface area contributed by atoms with E-state index < -0.39 is 10.0 Å².